The van der Waals surface area contributed by atoms with Gasteiger partial charge in [-0.05, 0) is 32.1 Å². The van der Waals surface area contributed by atoms with Gasteiger partial charge in [-0.3, -0.25) is 0 Å². The average Bonchev–Trinajstić information content (AvgIpc) is 3.12. The Hall–Kier alpha value is -1.95. The predicted octanol–water partition coefficient (Wildman–Crippen LogP) is 4.32. The first-order chi connectivity index (χ1) is 11.6. The summed E-state index contributed by atoms with van der Waals surface area (Å²) < 4.78 is 1.89. The largest absolute Gasteiger partial charge is 0.365 e. The lowest BCUT2D eigenvalue weighted by atomic mass is 10.0. The Labute approximate surface area is 146 Å². The van der Waals surface area contributed by atoms with Crippen molar-refractivity contribution in [1.29, 1.82) is 0 Å². The van der Waals surface area contributed by atoms with E-state index in [4.69, 9.17) is 4.98 Å². The lowest BCUT2D eigenvalue weighted by molar-refractivity contribution is 0.605. The highest BCUT2D eigenvalue weighted by molar-refractivity contribution is 7.11. The van der Waals surface area contributed by atoms with Gasteiger partial charge in [0.2, 0.25) is 0 Å². The van der Waals surface area contributed by atoms with E-state index in [1.54, 1.807) is 11.3 Å². The number of hydrogen-bond acceptors (Lipinski definition) is 5. The molecule has 6 heteroatoms. The number of aryl methyl sites for hydroxylation is 2. The van der Waals surface area contributed by atoms with Crippen molar-refractivity contribution < 1.29 is 0 Å². The third-order valence-corrected chi connectivity index (χ3v) is 5.77. The highest BCUT2D eigenvalue weighted by Gasteiger charge is 2.25. The zero-order valence-corrected chi connectivity index (χ0v) is 15.2. The van der Waals surface area contributed by atoms with Gasteiger partial charge in [0, 0.05) is 22.7 Å². The Balaban J connectivity index is 1.60. The number of anilines is 1. The Morgan fingerprint density at radius 3 is 2.88 bits per heavy atom. The van der Waals surface area contributed by atoms with E-state index in [9.17, 15) is 0 Å². The van der Waals surface area contributed by atoms with Crippen LogP contribution in [0, 0.1) is 19.8 Å². The third kappa shape index (κ3) is 3.15. The molecule has 24 heavy (non-hydrogen) atoms. The number of rotatable bonds is 6. The van der Waals surface area contributed by atoms with E-state index in [0.717, 1.165) is 40.3 Å². The van der Waals surface area contributed by atoms with Crippen LogP contribution in [0.15, 0.2) is 18.3 Å². The summed E-state index contributed by atoms with van der Waals surface area (Å²) in [5, 5.41) is 9.06. The molecule has 0 amide bonds. The van der Waals surface area contributed by atoms with Crippen LogP contribution in [0.25, 0.3) is 5.65 Å². The minimum Gasteiger partial charge on any atom is -0.365 e. The van der Waals surface area contributed by atoms with Gasteiger partial charge in [0.05, 0.1) is 23.4 Å². The zero-order valence-electron chi connectivity index (χ0n) is 14.4. The van der Waals surface area contributed by atoms with Crippen LogP contribution in [-0.4, -0.2) is 19.6 Å². The van der Waals surface area contributed by atoms with E-state index in [-0.39, 0.29) is 0 Å². The average molecular weight is 341 g/mol. The van der Waals surface area contributed by atoms with Crippen LogP contribution in [0.5, 0.6) is 0 Å². The molecule has 1 aliphatic rings. The first-order valence-corrected chi connectivity index (χ1v) is 9.43. The minimum absolute atomic E-state index is 0.491. The van der Waals surface area contributed by atoms with Crippen molar-refractivity contribution in [2.24, 2.45) is 5.92 Å². The van der Waals surface area contributed by atoms with Crippen molar-refractivity contribution in [3.8, 4) is 0 Å². The van der Waals surface area contributed by atoms with Gasteiger partial charge < -0.3 is 5.32 Å². The third-order valence-electron chi connectivity index (χ3n) is 4.70. The smallest absolute Gasteiger partial charge is 0.157 e. The lowest BCUT2D eigenvalue weighted by Crippen LogP contribution is -2.09. The van der Waals surface area contributed by atoms with Gasteiger partial charge in [-0.15, -0.1) is 11.3 Å². The second-order valence-corrected chi connectivity index (χ2v) is 8.13. The fraction of sp³-hybridized carbons (Fsp3) is 0.500. The summed E-state index contributed by atoms with van der Waals surface area (Å²) in [6.07, 6.45) is 5.82. The summed E-state index contributed by atoms with van der Waals surface area (Å²) in [4.78, 5) is 10.6. The van der Waals surface area contributed by atoms with Crippen LogP contribution in [0.4, 0.5) is 5.82 Å². The van der Waals surface area contributed by atoms with E-state index in [2.05, 4.69) is 42.2 Å². The van der Waals surface area contributed by atoms with Gasteiger partial charge in [0.15, 0.2) is 5.65 Å². The monoisotopic (exact) mass is 341 g/mol. The molecular formula is C18H23N5S. The van der Waals surface area contributed by atoms with Gasteiger partial charge in [-0.25, -0.2) is 9.97 Å². The Kier molecular flexibility index (Phi) is 4.00. The molecule has 0 aromatic carbocycles. The van der Waals surface area contributed by atoms with Gasteiger partial charge in [-0.1, -0.05) is 19.8 Å². The Morgan fingerprint density at radius 1 is 1.33 bits per heavy atom. The summed E-state index contributed by atoms with van der Waals surface area (Å²) in [6, 6.07) is 4.14. The molecule has 0 aliphatic heterocycles. The Bertz CT molecular complexity index is 862. The molecule has 3 heterocycles. The number of nitrogens with one attached hydrogen (secondary N) is 1. The Morgan fingerprint density at radius 2 is 2.17 bits per heavy atom. The van der Waals surface area contributed by atoms with E-state index in [1.165, 1.54) is 24.1 Å². The summed E-state index contributed by atoms with van der Waals surface area (Å²) >= 11 is 1.75. The van der Waals surface area contributed by atoms with Crippen LogP contribution in [0.3, 0.4) is 0 Å². The molecule has 126 valence electrons. The van der Waals surface area contributed by atoms with E-state index in [0.29, 0.717) is 5.92 Å². The quantitative estimate of drug-likeness (QED) is 0.725. The van der Waals surface area contributed by atoms with Crippen molar-refractivity contribution >= 4 is 22.8 Å². The molecule has 4 rings (SSSR count). The number of hydrogen-bond donors (Lipinski definition) is 1. The molecule has 1 N–H and O–H groups in total. The molecule has 5 nitrogen and oxygen atoms in total. The summed E-state index contributed by atoms with van der Waals surface area (Å²) in [7, 11) is 0. The molecule has 1 atom stereocenters. The summed E-state index contributed by atoms with van der Waals surface area (Å²) in [5.41, 5.74) is 3.18. The zero-order chi connectivity index (χ0) is 16.7. The second kappa shape index (κ2) is 6.16. The molecule has 3 aromatic heterocycles. The van der Waals surface area contributed by atoms with Gasteiger partial charge >= 0.3 is 0 Å². The maximum atomic E-state index is 4.80. The standard InChI is InChI=1S/C18H23N5S/c1-11(8-14-4-5-14)15-9-18(23-17(22-15)6-7-20-23)19-10-16-12(2)21-13(3)24-16/h6-7,9,11,14,19H,4-5,8,10H2,1-3H3. The SMILES string of the molecule is Cc1nc(C)c(CNc2cc(C(C)CC3CC3)nc3ccnn23)s1. The molecule has 0 saturated heterocycles. The highest BCUT2D eigenvalue weighted by Crippen LogP contribution is 2.38. The highest BCUT2D eigenvalue weighted by atomic mass is 32.1. The number of aromatic nitrogens is 4. The molecule has 0 spiro atoms. The van der Waals surface area contributed by atoms with Crippen LogP contribution in [-0.2, 0) is 6.54 Å². The molecule has 1 saturated carbocycles. The van der Waals surface area contributed by atoms with Crippen LogP contribution in [0.2, 0.25) is 0 Å². The molecule has 0 bridgehead atoms. The molecule has 1 unspecified atom stereocenters. The summed E-state index contributed by atoms with van der Waals surface area (Å²) in [5.74, 6) is 2.40. The second-order valence-electron chi connectivity index (χ2n) is 6.84. The van der Waals surface area contributed by atoms with Crippen molar-refractivity contribution in [2.45, 2.75) is 52.5 Å². The fourth-order valence-electron chi connectivity index (χ4n) is 3.19. The number of nitrogens with zero attached hydrogens (tertiary/aromatic N) is 4. The van der Waals surface area contributed by atoms with E-state index >= 15 is 0 Å². The first-order valence-electron chi connectivity index (χ1n) is 8.61. The lowest BCUT2D eigenvalue weighted by Gasteiger charge is -2.14. The fourth-order valence-corrected chi connectivity index (χ4v) is 4.07. The van der Waals surface area contributed by atoms with E-state index < -0.39 is 0 Å². The number of fused-ring (bicyclic) bond motifs is 1. The van der Waals surface area contributed by atoms with Gasteiger partial charge in [-0.2, -0.15) is 9.61 Å². The van der Waals surface area contributed by atoms with Crippen molar-refractivity contribution in [3.63, 3.8) is 0 Å². The van der Waals surface area contributed by atoms with Crippen molar-refractivity contribution in [1.82, 2.24) is 19.6 Å². The molecule has 0 radical (unpaired) electrons. The first kappa shape index (κ1) is 15.6. The number of thiazole rings is 1. The maximum absolute atomic E-state index is 4.80. The van der Waals surface area contributed by atoms with Crippen LogP contribution >= 0.6 is 11.3 Å². The van der Waals surface area contributed by atoms with Crippen LogP contribution < -0.4 is 5.32 Å². The van der Waals surface area contributed by atoms with Crippen LogP contribution in [0.1, 0.15) is 53.4 Å². The van der Waals surface area contributed by atoms with Gasteiger partial charge in [0.1, 0.15) is 5.82 Å². The van der Waals surface area contributed by atoms with Crippen molar-refractivity contribution in [2.75, 3.05) is 5.32 Å². The van der Waals surface area contributed by atoms with Gasteiger partial charge in [0.25, 0.3) is 0 Å². The predicted molar refractivity (Wildman–Crippen MR) is 97.7 cm³/mol. The van der Waals surface area contributed by atoms with Crippen molar-refractivity contribution in [3.05, 3.63) is 39.6 Å². The molecule has 1 fully saturated rings. The molecular weight excluding hydrogens is 318 g/mol. The minimum atomic E-state index is 0.491. The molecule has 3 aromatic rings. The topological polar surface area (TPSA) is 55.1 Å². The van der Waals surface area contributed by atoms with E-state index in [1.807, 2.05) is 16.8 Å². The summed E-state index contributed by atoms with van der Waals surface area (Å²) in [6.45, 7) is 7.18. The molecule has 1 aliphatic carbocycles. The normalized spacial score (nSPS) is 15.8. The maximum Gasteiger partial charge on any atom is 0.157 e.